The highest BCUT2D eigenvalue weighted by atomic mass is 35.5. The molecule has 2 aromatic rings. The summed E-state index contributed by atoms with van der Waals surface area (Å²) in [5, 5.41) is 3.37. The van der Waals surface area contributed by atoms with Gasteiger partial charge < -0.3 is 10.1 Å². The van der Waals surface area contributed by atoms with Crippen LogP contribution >= 0.6 is 34.8 Å². The average Bonchev–Trinajstić information content (AvgIpc) is 2.44. The lowest BCUT2D eigenvalue weighted by Gasteiger charge is -2.15. The summed E-state index contributed by atoms with van der Waals surface area (Å²) in [6.45, 7) is 4.93. The van der Waals surface area contributed by atoms with Crippen LogP contribution in [0.4, 0.5) is 5.69 Å². The van der Waals surface area contributed by atoms with Gasteiger partial charge in [-0.05, 0) is 50.6 Å². The van der Waals surface area contributed by atoms with Gasteiger partial charge in [0, 0.05) is 21.4 Å². The van der Waals surface area contributed by atoms with Gasteiger partial charge in [-0.25, -0.2) is 9.78 Å². The van der Waals surface area contributed by atoms with Crippen molar-refractivity contribution in [2.24, 2.45) is 0 Å². The third-order valence-corrected chi connectivity index (χ3v) is 4.00. The first-order valence-corrected chi connectivity index (χ1v) is 8.42. The van der Waals surface area contributed by atoms with Gasteiger partial charge >= 0.3 is 5.97 Å². The van der Waals surface area contributed by atoms with Crippen LogP contribution in [0.5, 0.6) is 0 Å². The summed E-state index contributed by atoms with van der Waals surface area (Å²) in [6, 6.07) is 6.31. The first kappa shape index (κ1) is 19.5. The highest BCUT2D eigenvalue weighted by Gasteiger charge is 2.23. The number of pyridine rings is 1. The van der Waals surface area contributed by atoms with Crippen LogP contribution in [-0.2, 0) is 9.53 Å². The third-order valence-electron chi connectivity index (χ3n) is 3.29. The van der Waals surface area contributed by atoms with Crippen molar-refractivity contribution in [1.82, 2.24) is 4.98 Å². The zero-order chi connectivity index (χ0) is 18.7. The van der Waals surface area contributed by atoms with Gasteiger partial charge in [0.15, 0.2) is 6.10 Å². The summed E-state index contributed by atoms with van der Waals surface area (Å²) >= 11 is 17.8. The predicted octanol–water partition coefficient (Wildman–Crippen LogP) is 4.84. The molecule has 0 radical (unpaired) electrons. The number of halogens is 3. The molecule has 1 N–H and O–H groups in total. The molecule has 0 aliphatic rings. The van der Waals surface area contributed by atoms with Gasteiger partial charge in [-0.1, -0.05) is 34.8 Å². The Balaban J connectivity index is 2.09. The Labute approximate surface area is 160 Å². The number of nitrogens with zero attached hydrogens (tertiary/aromatic N) is 1. The van der Waals surface area contributed by atoms with E-state index in [0.717, 1.165) is 0 Å². The monoisotopic (exact) mass is 400 g/mol. The maximum atomic E-state index is 12.3. The number of hydrogen-bond acceptors (Lipinski definition) is 4. The van der Waals surface area contributed by atoms with Crippen LogP contribution < -0.4 is 5.32 Å². The minimum Gasteiger partial charge on any atom is -0.449 e. The van der Waals surface area contributed by atoms with Crippen molar-refractivity contribution in [3.63, 3.8) is 0 Å². The number of aryl methyl sites for hydroxylation is 2. The van der Waals surface area contributed by atoms with Crippen molar-refractivity contribution in [2.45, 2.75) is 26.9 Å². The predicted molar refractivity (Wildman–Crippen MR) is 98.7 cm³/mol. The number of rotatable bonds is 4. The lowest BCUT2D eigenvalue weighted by Crippen LogP contribution is -2.30. The van der Waals surface area contributed by atoms with E-state index < -0.39 is 18.0 Å². The van der Waals surface area contributed by atoms with Crippen molar-refractivity contribution in [3.05, 3.63) is 56.3 Å². The molecule has 0 spiro atoms. The molecule has 1 heterocycles. The number of amides is 1. The Hall–Kier alpha value is -1.82. The van der Waals surface area contributed by atoms with Crippen LogP contribution in [0, 0.1) is 13.8 Å². The molecule has 25 heavy (non-hydrogen) atoms. The summed E-state index contributed by atoms with van der Waals surface area (Å²) in [4.78, 5) is 28.5. The highest BCUT2D eigenvalue weighted by molar-refractivity contribution is 6.35. The molecule has 8 heteroatoms. The Morgan fingerprint density at radius 1 is 1.08 bits per heavy atom. The topological polar surface area (TPSA) is 68.3 Å². The quantitative estimate of drug-likeness (QED) is 0.588. The Morgan fingerprint density at radius 2 is 1.68 bits per heavy atom. The zero-order valence-electron chi connectivity index (χ0n) is 13.7. The molecule has 5 nitrogen and oxygen atoms in total. The van der Waals surface area contributed by atoms with E-state index in [4.69, 9.17) is 39.5 Å². The second-order valence-electron chi connectivity index (χ2n) is 5.44. The fraction of sp³-hybridized carbons (Fsp3) is 0.235. The standard InChI is InChI=1S/C17H15Cl3N2O3/c1-8-4-9(2)21-15(20)14(8)17(24)25-10(3)16(23)22-13-6-11(18)5-12(19)7-13/h4-7,10H,1-3H3,(H,22,23)/t10-/m0/s1. The van der Waals surface area contributed by atoms with Crippen LogP contribution in [0.1, 0.15) is 28.5 Å². The minimum atomic E-state index is -1.05. The molecule has 132 valence electrons. The van der Waals surface area contributed by atoms with Crippen molar-refractivity contribution in [2.75, 3.05) is 5.32 Å². The highest BCUT2D eigenvalue weighted by Crippen LogP contribution is 2.23. The molecule has 2 rings (SSSR count). The van der Waals surface area contributed by atoms with E-state index in [-0.39, 0.29) is 10.7 Å². The fourth-order valence-corrected chi connectivity index (χ4v) is 3.06. The molecule has 0 bridgehead atoms. The number of carbonyl (C=O) groups is 2. The summed E-state index contributed by atoms with van der Waals surface area (Å²) in [7, 11) is 0. The van der Waals surface area contributed by atoms with E-state index in [1.807, 2.05) is 0 Å². The Bertz CT molecular complexity index is 797. The molecule has 0 aliphatic heterocycles. The number of hydrogen-bond donors (Lipinski definition) is 1. The van der Waals surface area contributed by atoms with Crippen molar-refractivity contribution >= 4 is 52.4 Å². The van der Waals surface area contributed by atoms with Crippen LogP contribution in [0.2, 0.25) is 15.2 Å². The molecular formula is C17H15Cl3N2O3. The first-order valence-electron chi connectivity index (χ1n) is 7.29. The van der Waals surface area contributed by atoms with Crippen molar-refractivity contribution in [1.29, 1.82) is 0 Å². The maximum absolute atomic E-state index is 12.3. The third kappa shape index (κ3) is 5.08. The molecule has 0 unspecified atom stereocenters. The molecule has 1 aromatic carbocycles. The van der Waals surface area contributed by atoms with Gasteiger partial charge in [0.1, 0.15) is 5.15 Å². The van der Waals surface area contributed by atoms with Crippen LogP contribution in [0.15, 0.2) is 24.3 Å². The number of nitrogens with one attached hydrogen (secondary N) is 1. The molecule has 0 fully saturated rings. The average molecular weight is 402 g/mol. The molecule has 1 atom stereocenters. The number of esters is 1. The summed E-state index contributed by atoms with van der Waals surface area (Å²) < 4.78 is 5.19. The fourth-order valence-electron chi connectivity index (χ4n) is 2.18. The number of benzene rings is 1. The second kappa shape index (κ2) is 8.04. The number of anilines is 1. The maximum Gasteiger partial charge on any atom is 0.342 e. The molecule has 1 aromatic heterocycles. The van der Waals surface area contributed by atoms with Gasteiger partial charge in [-0.2, -0.15) is 0 Å². The van der Waals surface area contributed by atoms with Gasteiger partial charge in [0.25, 0.3) is 5.91 Å². The molecule has 0 aliphatic carbocycles. The normalized spacial score (nSPS) is 11.8. The van der Waals surface area contributed by atoms with Crippen LogP contribution in [0.3, 0.4) is 0 Å². The SMILES string of the molecule is Cc1cc(C)c(C(=O)O[C@@H](C)C(=O)Nc2cc(Cl)cc(Cl)c2)c(Cl)n1. The Morgan fingerprint density at radius 3 is 2.24 bits per heavy atom. The summed E-state index contributed by atoms with van der Waals surface area (Å²) in [5.41, 5.74) is 1.84. The molecular weight excluding hydrogens is 387 g/mol. The first-order chi connectivity index (χ1) is 11.7. The molecule has 0 saturated carbocycles. The van der Waals surface area contributed by atoms with Gasteiger partial charge in [-0.15, -0.1) is 0 Å². The van der Waals surface area contributed by atoms with E-state index in [1.165, 1.54) is 25.1 Å². The molecule has 1 amide bonds. The zero-order valence-corrected chi connectivity index (χ0v) is 16.0. The molecule has 0 saturated heterocycles. The second-order valence-corrected chi connectivity index (χ2v) is 6.67. The largest absolute Gasteiger partial charge is 0.449 e. The number of carbonyl (C=O) groups excluding carboxylic acids is 2. The van der Waals surface area contributed by atoms with E-state index in [2.05, 4.69) is 10.3 Å². The number of aromatic nitrogens is 1. The van der Waals surface area contributed by atoms with Crippen molar-refractivity contribution in [3.8, 4) is 0 Å². The Kier molecular flexibility index (Phi) is 6.27. The van der Waals surface area contributed by atoms with Gasteiger partial charge in [0.05, 0.1) is 5.56 Å². The smallest absolute Gasteiger partial charge is 0.342 e. The lowest BCUT2D eigenvalue weighted by atomic mass is 10.1. The van der Waals surface area contributed by atoms with E-state index in [1.54, 1.807) is 19.9 Å². The van der Waals surface area contributed by atoms with Gasteiger partial charge in [0.2, 0.25) is 0 Å². The van der Waals surface area contributed by atoms with E-state index in [0.29, 0.717) is 27.0 Å². The van der Waals surface area contributed by atoms with E-state index in [9.17, 15) is 9.59 Å². The van der Waals surface area contributed by atoms with Crippen LogP contribution in [0.25, 0.3) is 0 Å². The van der Waals surface area contributed by atoms with Crippen LogP contribution in [-0.4, -0.2) is 23.0 Å². The minimum absolute atomic E-state index is 0.0386. The van der Waals surface area contributed by atoms with Crippen molar-refractivity contribution < 1.29 is 14.3 Å². The van der Waals surface area contributed by atoms with E-state index >= 15 is 0 Å². The summed E-state index contributed by atoms with van der Waals surface area (Å²) in [6.07, 6.45) is -1.05. The number of ether oxygens (including phenoxy) is 1. The lowest BCUT2D eigenvalue weighted by molar-refractivity contribution is -0.123. The van der Waals surface area contributed by atoms with Gasteiger partial charge in [-0.3, -0.25) is 4.79 Å². The summed E-state index contributed by atoms with van der Waals surface area (Å²) in [5.74, 6) is -1.25.